The van der Waals surface area contributed by atoms with Gasteiger partial charge in [0, 0.05) is 12.6 Å². The fourth-order valence-electron chi connectivity index (χ4n) is 2.76. The summed E-state index contributed by atoms with van der Waals surface area (Å²) in [6.07, 6.45) is 1.62. The molecule has 0 atom stereocenters. The van der Waals surface area contributed by atoms with Gasteiger partial charge in [0.1, 0.15) is 19.5 Å². The molecule has 0 aliphatic carbocycles. The topological polar surface area (TPSA) is 78.3 Å². The highest BCUT2D eigenvalue weighted by Crippen LogP contribution is 2.34. The minimum absolute atomic E-state index is 0.267. The number of carbonyl (C=O) groups excluding carboxylic acids is 1. The van der Waals surface area contributed by atoms with Gasteiger partial charge in [-0.25, -0.2) is 0 Å². The van der Waals surface area contributed by atoms with Crippen LogP contribution in [0.5, 0.6) is 11.5 Å². The molecule has 0 unspecified atom stereocenters. The van der Waals surface area contributed by atoms with Gasteiger partial charge in [-0.05, 0) is 24.3 Å². The molecule has 1 N–H and O–H groups in total. The Labute approximate surface area is 144 Å². The summed E-state index contributed by atoms with van der Waals surface area (Å²) >= 11 is 0. The van der Waals surface area contributed by atoms with Crippen LogP contribution in [0.1, 0.15) is 10.4 Å². The summed E-state index contributed by atoms with van der Waals surface area (Å²) in [6, 6.07) is 12.7. The average Bonchev–Trinajstić information content (AvgIpc) is 3.07. The Hall–Kier alpha value is -3.35. The second-order valence-corrected chi connectivity index (χ2v) is 5.59. The Kier molecular flexibility index (Phi) is 3.81. The largest absolute Gasteiger partial charge is 0.486 e. The van der Waals surface area contributed by atoms with Crippen molar-refractivity contribution in [1.29, 1.82) is 0 Å². The summed E-state index contributed by atoms with van der Waals surface area (Å²) in [6.45, 7) is 0.903. The molecular weight excluding hydrogens is 320 g/mol. The van der Waals surface area contributed by atoms with Gasteiger partial charge in [0.25, 0.3) is 5.91 Å². The number of hydrogen-bond acceptors (Lipinski definition) is 5. The number of carbonyl (C=O) groups is 1. The molecule has 126 valence electrons. The Bertz CT molecular complexity index is 936. The number of amides is 1. The quantitative estimate of drug-likeness (QED) is 0.795. The van der Waals surface area contributed by atoms with E-state index in [1.807, 2.05) is 31.3 Å². The van der Waals surface area contributed by atoms with E-state index in [1.165, 1.54) is 0 Å². The fraction of sp³-hybridized carbons (Fsp3) is 0.167. The third kappa shape index (κ3) is 2.80. The van der Waals surface area contributed by atoms with E-state index in [4.69, 9.17) is 9.47 Å². The van der Waals surface area contributed by atoms with Gasteiger partial charge in [0.15, 0.2) is 17.3 Å². The van der Waals surface area contributed by atoms with E-state index >= 15 is 0 Å². The molecule has 0 saturated carbocycles. The van der Waals surface area contributed by atoms with Gasteiger partial charge in [-0.3, -0.25) is 4.79 Å². The van der Waals surface area contributed by atoms with Crippen molar-refractivity contribution in [2.75, 3.05) is 18.5 Å². The highest BCUT2D eigenvalue weighted by Gasteiger charge is 2.21. The maximum absolute atomic E-state index is 12.8. The molecule has 1 amide bonds. The Morgan fingerprint density at radius 2 is 1.96 bits per heavy atom. The first kappa shape index (κ1) is 15.2. The maximum atomic E-state index is 12.8. The number of hydrogen-bond donors (Lipinski definition) is 1. The number of benzene rings is 2. The van der Waals surface area contributed by atoms with Crippen LogP contribution in [0.15, 0.2) is 48.8 Å². The zero-order valence-electron chi connectivity index (χ0n) is 13.6. The molecule has 0 fully saturated rings. The maximum Gasteiger partial charge on any atom is 0.259 e. The van der Waals surface area contributed by atoms with Crippen molar-refractivity contribution >= 4 is 11.6 Å². The number of aryl methyl sites for hydroxylation is 1. The molecule has 0 spiro atoms. The number of ether oxygens (including phenoxy) is 2. The van der Waals surface area contributed by atoms with Crippen molar-refractivity contribution in [3.05, 3.63) is 54.4 Å². The molecule has 1 aliphatic heterocycles. The van der Waals surface area contributed by atoms with Crippen LogP contribution in [0.25, 0.3) is 11.4 Å². The standard InChI is InChI=1S/C18H16N4O3/c1-22-11-19-21-17(22)12-5-2-3-7-14(12)20-18(23)13-6-4-8-15-16(13)25-10-9-24-15/h2-8,11H,9-10H2,1H3,(H,20,23). The summed E-state index contributed by atoms with van der Waals surface area (Å²) in [7, 11) is 1.85. The first-order valence-corrected chi connectivity index (χ1v) is 7.87. The van der Waals surface area contributed by atoms with Crippen molar-refractivity contribution in [1.82, 2.24) is 14.8 Å². The lowest BCUT2D eigenvalue weighted by atomic mass is 10.1. The van der Waals surface area contributed by atoms with Gasteiger partial charge in [-0.15, -0.1) is 10.2 Å². The van der Waals surface area contributed by atoms with Gasteiger partial charge >= 0.3 is 0 Å². The molecule has 25 heavy (non-hydrogen) atoms. The second kappa shape index (κ2) is 6.27. The van der Waals surface area contributed by atoms with E-state index < -0.39 is 0 Å². The van der Waals surface area contributed by atoms with E-state index in [0.717, 1.165) is 5.56 Å². The van der Waals surface area contributed by atoms with Crippen molar-refractivity contribution in [3.63, 3.8) is 0 Å². The van der Waals surface area contributed by atoms with Gasteiger partial charge in [0.2, 0.25) is 0 Å². The summed E-state index contributed by atoms with van der Waals surface area (Å²) < 4.78 is 13.0. The van der Waals surface area contributed by atoms with E-state index in [0.29, 0.717) is 41.8 Å². The summed E-state index contributed by atoms with van der Waals surface area (Å²) in [5.41, 5.74) is 1.88. The summed E-state index contributed by atoms with van der Waals surface area (Å²) in [5, 5.41) is 10.9. The van der Waals surface area contributed by atoms with Gasteiger partial charge in [0.05, 0.1) is 11.3 Å². The lowest BCUT2D eigenvalue weighted by Gasteiger charge is -2.20. The molecule has 0 saturated heterocycles. The number of nitrogens with zero attached hydrogens (tertiary/aromatic N) is 3. The lowest BCUT2D eigenvalue weighted by Crippen LogP contribution is -2.20. The monoisotopic (exact) mass is 336 g/mol. The van der Waals surface area contributed by atoms with Crippen molar-refractivity contribution in [2.45, 2.75) is 0 Å². The molecule has 2 heterocycles. The summed E-state index contributed by atoms with van der Waals surface area (Å²) in [5.74, 6) is 1.46. The molecule has 0 radical (unpaired) electrons. The molecular formula is C18H16N4O3. The average molecular weight is 336 g/mol. The zero-order valence-corrected chi connectivity index (χ0v) is 13.6. The minimum Gasteiger partial charge on any atom is -0.486 e. The molecule has 2 aromatic carbocycles. The van der Waals surface area contributed by atoms with E-state index in [2.05, 4.69) is 15.5 Å². The predicted octanol–water partition coefficient (Wildman–Crippen LogP) is 2.51. The Balaban J connectivity index is 1.68. The molecule has 1 aromatic heterocycles. The number of para-hydroxylation sites is 2. The fourth-order valence-corrected chi connectivity index (χ4v) is 2.76. The first-order chi connectivity index (χ1) is 12.2. The highest BCUT2D eigenvalue weighted by molar-refractivity contribution is 6.08. The van der Waals surface area contributed by atoms with Gasteiger partial charge in [-0.2, -0.15) is 0 Å². The molecule has 0 bridgehead atoms. The molecule has 4 rings (SSSR count). The number of rotatable bonds is 3. The lowest BCUT2D eigenvalue weighted by molar-refractivity contribution is 0.101. The molecule has 7 heteroatoms. The van der Waals surface area contributed by atoms with Crippen molar-refractivity contribution in [2.24, 2.45) is 7.05 Å². The Morgan fingerprint density at radius 3 is 2.80 bits per heavy atom. The van der Waals surface area contributed by atoms with Crippen molar-refractivity contribution in [3.8, 4) is 22.9 Å². The third-order valence-electron chi connectivity index (χ3n) is 3.94. The van der Waals surface area contributed by atoms with Crippen LogP contribution in [0.4, 0.5) is 5.69 Å². The molecule has 3 aromatic rings. The van der Waals surface area contributed by atoms with Crippen LogP contribution < -0.4 is 14.8 Å². The predicted molar refractivity (Wildman–Crippen MR) is 91.8 cm³/mol. The van der Waals surface area contributed by atoms with Crippen LogP contribution >= 0.6 is 0 Å². The zero-order chi connectivity index (χ0) is 17.2. The van der Waals surface area contributed by atoms with E-state index in [-0.39, 0.29) is 5.91 Å². The van der Waals surface area contributed by atoms with Crippen LogP contribution in [-0.2, 0) is 7.05 Å². The molecule has 1 aliphatic rings. The van der Waals surface area contributed by atoms with Crippen LogP contribution in [0, 0.1) is 0 Å². The number of nitrogens with one attached hydrogen (secondary N) is 1. The second-order valence-electron chi connectivity index (χ2n) is 5.59. The van der Waals surface area contributed by atoms with E-state index in [1.54, 1.807) is 29.1 Å². The normalized spacial score (nSPS) is 12.7. The van der Waals surface area contributed by atoms with Gasteiger partial charge < -0.3 is 19.4 Å². The Morgan fingerprint density at radius 1 is 1.12 bits per heavy atom. The summed E-state index contributed by atoms with van der Waals surface area (Å²) in [4.78, 5) is 12.8. The van der Waals surface area contributed by atoms with Crippen LogP contribution in [-0.4, -0.2) is 33.9 Å². The highest BCUT2D eigenvalue weighted by atomic mass is 16.6. The number of fused-ring (bicyclic) bond motifs is 1. The van der Waals surface area contributed by atoms with Gasteiger partial charge in [-0.1, -0.05) is 18.2 Å². The smallest absolute Gasteiger partial charge is 0.259 e. The number of aromatic nitrogens is 3. The van der Waals surface area contributed by atoms with E-state index in [9.17, 15) is 4.79 Å². The van der Waals surface area contributed by atoms with Crippen LogP contribution in [0.2, 0.25) is 0 Å². The molecule has 7 nitrogen and oxygen atoms in total. The van der Waals surface area contributed by atoms with Crippen molar-refractivity contribution < 1.29 is 14.3 Å². The third-order valence-corrected chi connectivity index (χ3v) is 3.94. The number of anilines is 1. The minimum atomic E-state index is -0.267. The first-order valence-electron chi connectivity index (χ1n) is 7.87. The SMILES string of the molecule is Cn1cnnc1-c1ccccc1NC(=O)c1cccc2c1OCCO2. The van der Waals surface area contributed by atoms with Crippen LogP contribution in [0.3, 0.4) is 0 Å².